The second-order valence-electron chi connectivity index (χ2n) is 12.6. The molecule has 0 amide bonds. The van der Waals surface area contributed by atoms with E-state index < -0.39 is 18.5 Å². The zero-order chi connectivity index (χ0) is 33.1. The van der Waals surface area contributed by atoms with Gasteiger partial charge in [-0.1, -0.05) is 101 Å². The van der Waals surface area contributed by atoms with Crippen LogP contribution in [-0.2, 0) is 44.7 Å². The van der Waals surface area contributed by atoms with Crippen LogP contribution in [0.4, 0.5) is 0 Å². The molecule has 4 rings (SSSR count). The minimum absolute atomic E-state index is 0.0114. The lowest BCUT2D eigenvalue weighted by Crippen LogP contribution is -2.17. The summed E-state index contributed by atoms with van der Waals surface area (Å²) in [4.78, 5) is 24.0. The van der Waals surface area contributed by atoms with Gasteiger partial charge < -0.3 is 14.6 Å². The van der Waals surface area contributed by atoms with Gasteiger partial charge in [0.25, 0.3) is 0 Å². The van der Waals surface area contributed by atoms with Gasteiger partial charge in [-0.05, 0) is 102 Å². The van der Waals surface area contributed by atoms with E-state index in [2.05, 4.69) is 87.7 Å². The summed E-state index contributed by atoms with van der Waals surface area (Å²) in [5.74, 6) is -0.786. The van der Waals surface area contributed by atoms with Gasteiger partial charge in [-0.25, -0.2) is 9.59 Å². The van der Waals surface area contributed by atoms with Crippen molar-refractivity contribution in [1.82, 2.24) is 0 Å². The molecule has 0 bridgehead atoms. The molecule has 1 N–H and O–H groups in total. The van der Waals surface area contributed by atoms with Crippen molar-refractivity contribution >= 4 is 11.9 Å². The van der Waals surface area contributed by atoms with Gasteiger partial charge in [0.1, 0.15) is 0 Å². The number of aliphatic hydroxyl groups excluding tert-OH is 1. The third-order valence-corrected chi connectivity index (χ3v) is 9.23. The van der Waals surface area contributed by atoms with E-state index in [-0.39, 0.29) is 24.7 Å². The Morgan fingerprint density at radius 1 is 0.891 bits per heavy atom. The Morgan fingerprint density at radius 3 is 2.33 bits per heavy atom. The summed E-state index contributed by atoms with van der Waals surface area (Å²) < 4.78 is 10.7. The number of hydrogen-bond acceptors (Lipinski definition) is 5. The van der Waals surface area contributed by atoms with Crippen LogP contribution < -0.4 is 0 Å². The van der Waals surface area contributed by atoms with Gasteiger partial charge in [0.2, 0.25) is 0 Å². The molecule has 3 aromatic carbocycles. The lowest BCUT2D eigenvalue weighted by molar-refractivity contribution is -0.142. The normalized spacial score (nSPS) is 14.7. The van der Waals surface area contributed by atoms with Gasteiger partial charge in [-0.2, -0.15) is 0 Å². The molecule has 0 heterocycles. The number of rotatable bonds is 16. The van der Waals surface area contributed by atoms with Crippen molar-refractivity contribution < 1.29 is 24.2 Å². The fourth-order valence-corrected chi connectivity index (χ4v) is 6.31. The molecule has 46 heavy (non-hydrogen) atoms. The maximum absolute atomic E-state index is 12.1. The number of hydrogen-bond donors (Lipinski definition) is 1. The first-order chi connectivity index (χ1) is 22.2. The number of aliphatic hydroxyl groups is 1. The summed E-state index contributed by atoms with van der Waals surface area (Å²) in [6.07, 6.45) is 9.66. The van der Waals surface area contributed by atoms with Crippen LogP contribution in [0.2, 0.25) is 0 Å². The van der Waals surface area contributed by atoms with Gasteiger partial charge in [-0.15, -0.1) is 0 Å². The zero-order valence-corrected chi connectivity index (χ0v) is 27.9. The molecule has 2 unspecified atom stereocenters. The molecule has 3 aromatic rings. The number of carbonyl (C=O) groups excluding carboxylic acids is 2. The van der Waals surface area contributed by atoms with E-state index in [0.29, 0.717) is 17.9 Å². The summed E-state index contributed by atoms with van der Waals surface area (Å²) >= 11 is 0. The van der Waals surface area contributed by atoms with Crippen molar-refractivity contribution in [2.45, 2.75) is 90.4 Å². The van der Waals surface area contributed by atoms with Crippen molar-refractivity contribution in [2.24, 2.45) is 0 Å². The molecule has 1 aliphatic rings. The quantitative estimate of drug-likeness (QED) is 0.0984. The summed E-state index contributed by atoms with van der Waals surface area (Å²) in [6.45, 7) is 13.1. The number of aryl methyl sites for hydroxylation is 3. The first kappa shape index (κ1) is 34.9. The summed E-state index contributed by atoms with van der Waals surface area (Å²) in [6, 6.07) is 22.6. The van der Waals surface area contributed by atoms with E-state index in [1.165, 1.54) is 64.6 Å². The van der Waals surface area contributed by atoms with E-state index in [1.54, 1.807) is 6.92 Å². The van der Waals surface area contributed by atoms with E-state index in [9.17, 15) is 9.59 Å². The predicted octanol–water partition coefficient (Wildman–Crippen LogP) is 8.61. The monoisotopic (exact) mass is 622 g/mol. The minimum atomic E-state index is -0.623. The molecule has 0 saturated heterocycles. The summed E-state index contributed by atoms with van der Waals surface area (Å²) in [5, 5.41) is 9.12. The molecule has 244 valence electrons. The molecule has 0 spiro atoms. The van der Waals surface area contributed by atoms with E-state index in [0.717, 1.165) is 31.2 Å². The number of carbonyl (C=O) groups is 2. The van der Waals surface area contributed by atoms with Gasteiger partial charge in [0.15, 0.2) is 0 Å². The Hall–Kier alpha value is -3.96. The topological polar surface area (TPSA) is 72.8 Å². The number of esters is 2. The van der Waals surface area contributed by atoms with E-state index >= 15 is 0 Å². The van der Waals surface area contributed by atoms with Crippen LogP contribution in [0, 0.1) is 0 Å². The van der Waals surface area contributed by atoms with Crippen LogP contribution in [-0.4, -0.2) is 36.9 Å². The number of unbranched alkanes of at least 4 members (excludes halogenated alkanes) is 2. The predicted molar refractivity (Wildman–Crippen MR) is 186 cm³/mol. The van der Waals surface area contributed by atoms with Crippen molar-refractivity contribution in [3.8, 4) is 11.1 Å². The van der Waals surface area contributed by atoms with Gasteiger partial charge >= 0.3 is 11.9 Å². The van der Waals surface area contributed by atoms with Crippen molar-refractivity contribution in [1.29, 1.82) is 0 Å². The van der Waals surface area contributed by atoms with Crippen LogP contribution in [0.5, 0.6) is 0 Å². The molecule has 5 nitrogen and oxygen atoms in total. The van der Waals surface area contributed by atoms with Crippen LogP contribution in [0.25, 0.3) is 11.1 Å². The van der Waals surface area contributed by atoms with Crippen molar-refractivity contribution in [3.05, 3.63) is 118 Å². The van der Waals surface area contributed by atoms with Crippen molar-refractivity contribution in [2.75, 3.05) is 19.8 Å². The molecule has 0 radical (unpaired) electrons. The van der Waals surface area contributed by atoms with Crippen LogP contribution in [0.3, 0.4) is 0 Å². The summed E-state index contributed by atoms with van der Waals surface area (Å²) in [7, 11) is 0. The maximum atomic E-state index is 12.1. The molecule has 1 aliphatic carbocycles. The number of fused-ring (bicyclic) bond motifs is 1. The standard InChI is InChI=1S/C41H50O5/c1-6-8-9-10-31-15-16-35(23-30(31)7-2)37-20-19-36-24-34(17-18-38(36)25-37)32-11-13-33(14-12-32)39(27-46-40(43)28(3)4)21-22-45-41(44)29(5)26-42/h11-16,19-20,23,25,34,39,42H,3,5-10,17-18,21-22,24,26-27H2,1-2,4H3. The largest absolute Gasteiger partial charge is 0.462 e. The Balaban J connectivity index is 1.43. The lowest BCUT2D eigenvalue weighted by Gasteiger charge is -2.26. The van der Waals surface area contributed by atoms with Crippen LogP contribution in [0.15, 0.2) is 85.0 Å². The first-order valence-electron chi connectivity index (χ1n) is 16.9. The Bertz CT molecular complexity index is 1520. The minimum Gasteiger partial charge on any atom is -0.462 e. The number of ether oxygens (including phenoxy) is 2. The second-order valence-corrected chi connectivity index (χ2v) is 12.6. The smallest absolute Gasteiger partial charge is 0.335 e. The highest BCUT2D eigenvalue weighted by Gasteiger charge is 2.22. The van der Waals surface area contributed by atoms with Crippen LogP contribution >= 0.6 is 0 Å². The Kier molecular flexibility index (Phi) is 13.0. The highest BCUT2D eigenvalue weighted by Crippen LogP contribution is 2.36. The highest BCUT2D eigenvalue weighted by atomic mass is 16.5. The fourth-order valence-electron chi connectivity index (χ4n) is 6.31. The summed E-state index contributed by atoms with van der Waals surface area (Å²) in [5.41, 5.74) is 11.1. The molecular weight excluding hydrogens is 572 g/mol. The van der Waals surface area contributed by atoms with Crippen molar-refractivity contribution in [3.63, 3.8) is 0 Å². The molecule has 0 aromatic heterocycles. The molecular formula is C41H50O5. The van der Waals surface area contributed by atoms with Gasteiger partial charge in [-0.3, -0.25) is 0 Å². The molecule has 0 saturated carbocycles. The molecule has 5 heteroatoms. The average Bonchev–Trinajstić information content (AvgIpc) is 3.08. The lowest BCUT2D eigenvalue weighted by atomic mass is 9.79. The zero-order valence-electron chi connectivity index (χ0n) is 27.9. The Morgan fingerprint density at radius 2 is 1.63 bits per heavy atom. The molecule has 0 aliphatic heterocycles. The van der Waals surface area contributed by atoms with Crippen LogP contribution in [0.1, 0.15) is 98.1 Å². The van der Waals surface area contributed by atoms with Gasteiger partial charge in [0.05, 0.1) is 25.4 Å². The molecule has 2 atom stereocenters. The third kappa shape index (κ3) is 9.29. The number of benzene rings is 3. The SMILES string of the molecule is C=C(C)C(=O)OCC(CCOC(=O)C(=C)CO)c1ccc(C2CCc3cc(-c4ccc(CCCCC)c(CC)c4)ccc3C2)cc1. The third-order valence-electron chi connectivity index (χ3n) is 9.23. The average molecular weight is 623 g/mol. The Labute approximate surface area is 275 Å². The highest BCUT2D eigenvalue weighted by molar-refractivity contribution is 5.88. The van der Waals surface area contributed by atoms with E-state index in [4.69, 9.17) is 14.6 Å². The first-order valence-corrected chi connectivity index (χ1v) is 16.9. The molecule has 0 fully saturated rings. The fraction of sp³-hybridized carbons (Fsp3) is 0.415. The second kappa shape index (κ2) is 17.1. The van der Waals surface area contributed by atoms with E-state index in [1.807, 2.05) is 0 Å². The van der Waals surface area contributed by atoms with Gasteiger partial charge in [0, 0.05) is 11.5 Å². The maximum Gasteiger partial charge on any atom is 0.335 e.